The Morgan fingerprint density at radius 3 is 2.28 bits per heavy atom. The van der Waals surface area contributed by atoms with Crippen molar-refractivity contribution in [1.29, 1.82) is 0 Å². The lowest BCUT2D eigenvalue weighted by Gasteiger charge is -2.36. The molecule has 7 heteroatoms. The van der Waals surface area contributed by atoms with E-state index in [-0.39, 0.29) is 5.91 Å². The number of hydrogen-bond acceptors (Lipinski definition) is 4. The fourth-order valence-corrected chi connectivity index (χ4v) is 3.70. The van der Waals surface area contributed by atoms with Gasteiger partial charge in [0.1, 0.15) is 0 Å². The SMILES string of the molecule is CCN1CCN(CCNC(=NC)N2CCC(CC(=O)NC)CC2)CC1. The molecule has 0 aromatic rings. The summed E-state index contributed by atoms with van der Waals surface area (Å²) in [4.78, 5) is 23.3. The molecule has 1 amide bonds. The van der Waals surface area contributed by atoms with E-state index in [1.54, 1.807) is 7.05 Å². The second-order valence-corrected chi connectivity index (χ2v) is 7.06. The summed E-state index contributed by atoms with van der Waals surface area (Å²) in [7, 11) is 3.57. The van der Waals surface area contributed by atoms with Gasteiger partial charge in [0.05, 0.1) is 0 Å². The number of amides is 1. The predicted molar refractivity (Wildman–Crippen MR) is 103 cm³/mol. The molecule has 0 aromatic heterocycles. The zero-order valence-corrected chi connectivity index (χ0v) is 16.3. The molecular weight excluding hydrogens is 316 g/mol. The summed E-state index contributed by atoms with van der Waals surface area (Å²) in [5.74, 6) is 1.67. The third kappa shape index (κ3) is 6.47. The van der Waals surface area contributed by atoms with Crippen LogP contribution in [0.25, 0.3) is 0 Å². The quantitative estimate of drug-likeness (QED) is 0.522. The summed E-state index contributed by atoms with van der Waals surface area (Å²) >= 11 is 0. The molecule has 0 radical (unpaired) electrons. The van der Waals surface area contributed by atoms with Crippen molar-refractivity contribution in [2.24, 2.45) is 10.9 Å². The Morgan fingerprint density at radius 1 is 1.08 bits per heavy atom. The van der Waals surface area contributed by atoms with Crippen molar-refractivity contribution >= 4 is 11.9 Å². The van der Waals surface area contributed by atoms with Gasteiger partial charge < -0.3 is 20.4 Å². The first-order chi connectivity index (χ1) is 12.2. The summed E-state index contributed by atoms with van der Waals surface area (Å²) < 4.78 is 0. The maximum absolute atomic E-state index is 11.5. The van der Waals surface area contributed by atoms with Crippen LogP contribution in [0.15, 0.2) is 4.99 Å². The zero-order chi connectivity index (χ0) is 18.1. The number of aliphatic imine (C=N–C) groups is 1. The van der Waals surface area contributed by atoms with Crippen LogP contribution in [0, 0.1) is 5.92 Å². The number of piperazine rings is 1. The first kappa shape index (κ1) is 20.0. The molecule has 2 saturated heterocycles. The molecule has 2 aliphatic rings. The van der Waals surface area contributed by atoms with Crippen molar-refractivity contribution in [3.05, 3.63) is 0 Å². The van der Waals surface area contributed by atoms with Gasteiger partial charge in [0.15, 0.2) is 5.96 Å². The molecule has 0 bridgehead atoms. The van der Waals surface area contributed by atoms with Crippen molar-refractivity contribution in [3.63, 3.8) is 0 Å². The van der Waals surface area contributed by atoms with Gasteiger partial charge in [-0.05, 0) is 25.3 Å². The van der Waals surface area contributed by atoms with E-state index in [0.29, 0.717) is 12.3 Å². The fraction of sp³-hybridized carbons (Fsp3) is 0.889. The highest BCUT2D eigenvalue weighted by atomic mass is 16.1. The highest BCUT2D eigenvalue weighted by molar-refractivity contribution is 5.80. The van der Waals surface area contributed by atoms with Gasteiger partial charge in [-0.15, -0.1) is 0 Å². The standard InChI is InChI=1S/C18H36N6O/c1-4-22-11-13-23(14-12-22)10-7-21-18(20-3)24-8-5-16(6-9-24)15-17(25)19-2/h16H,4-15H2,1-3H3,(H,19,25)(H,20,21). The molecule has 25 heavy (non-hydrogen) atoms. The Morgan fingerprint density at radius 2 is 1.72 bits per heavy atom. The molecule has 0 spiro atoms. The number of carbonyl (C=O) groups excluding carboxylic acids is 1. The monoisotopic (exact) mass is 352 g/mol. The van der Waals surface area contributed by atoms with Crippen LogP contribution in [0.4, 0.5) is 0 Å². The number of likely N-dealkylation sites (tertiary alicyclic amines) is 1. The number of nitrogens with one attached hydrogen (secondary N) is 2. The normalized spacial score (nSPS) is 21.4. The summed E-state index contributed by atoms with van der Waals surface area (Å²) in [5.41, 5.74) is 0. The summed E-state index contributed by atoms with van der Waals surface area (Å²) in [6.07, 6.45) is 2.78. The maximum Gasteiger partial charge on any atom is 0.220 e. The van der Waals surface area contributed by atoms with Crippen LogP contribution in [0.3, 0.4) is 0 Å². The molecule has 0 atom stereocenters. The van der Waals surface area contributed by atoms with Gasteiger partial charge in [-0.25, -0.2) is 0 Å². The van der Waals surface area contributed by atoms with Crippen LogP contribution in [0.5, 0.6) is 0 Å². The zero-order valence-electron chi connectivity index (χ0n) is 16.3. The predicted octanol–water partition coefficient (Wildman–Crippen LogP) is 0.0474. The van der Waals surface area contributed by atoms with Gasteiger partial charge in [-0.2, -0.15) is 0 Å². The molecule has 2 heterocycles. The second-order valence-electron chi connectivity index (χ2n) is 7.06. The van der Waals surface area contributed by atoms with Crippen molar-refractivity contribution in [2.75, 3.05) is 73.0 Å². The smallest absolute Gasteiger partial charge is 0.220 e. The molecular formula is C18H36N6O. The van der Waals surface area contributed by atoms with Crippen molar-refractivity contribution < 1.29 is 4.79 Å². The Balaban J connectivity index is 1.65. The highest BCUT2D eigenvalue weighted by Crippen LogP contribution is 2.20. The Bertz CT molecular complexity index is 425. The largest absolute Gasteiger partial charge is 0.359 e. The molecule has 2 aliphatic heterocycles. The van der Waals surface area contributed by atoms with Crippen LogP contribution in [0.1, 0.15) is 26.2 Å². The van der Waals surface area contributed by atoms with Gasteiger partial charge >= 0.3 is 0 Å². The molecule has 144 valence electrons. The van der Waals surface area contributed by atoms with Gasteiger partial charge in [-0.1, -0.05) is 6.92 Å². The molecule has 0 aliphatic carbocycles. The Labute approximate surface area is 152 Å². The Hall–Kier alpha value is -1.34. The minimum absolute atomic E-state index is 0.157. The van der Waals surface area contributed by atoms with Crippen LogP contribution in [-0.4, -0.2) is 99.6 Å². The van der Waals surface area contributed by atoms with E-state index < -0.39 is 0 Å². The molecule has 0 unspecified atom stereocenters. The lowest BCUT2D eigenvalue weighted by Crippen LogP contribution is -2.50. The summed E-state index contributed by atoms with van der Waals surface area (Å²) in [5, 5.41) is 6.25. The van der Waals surface area contributed by atoms with Gasteiger partial charge in [-0.3, -0.25) is 14.7 Å². The van der Waals surface area contributed by atoms with Crippen LogP contribution in [-0.2, 0) is 4.79 Å². The number of likely N-dealkylation sites (N-methyl/N-ethyl adjacent to an activating group) is 1. The van der Waals surface area contributed by atoms with Crippen molar-refractivity contribution in [2.45, 2.75) is 26.2 Å². The highest BCUT2D eigenvalue weighted by Gasteiger charge is 2.23. The topological polar surface area (TPSA) is 63.2 Å². The average molecular weight is 353 g/mol. The number of nitrogens with zero attached hydrogens (tertiary/aromatic N) is 4. The fourth-order valence-electron chi connectivity index (χ4n) is 3.70. The second kappa shape index (κ2) is 10.6. The first-order valence-corrected chi connectivity index (χ1v) is 9.77. The number of piperidine rings is 1. The van der Waals surface area contributed by atoms with Crippen molar-refractivity contribution in [3.8, 4) is 0 Å². The van der Waals surface area contributed by atoms with E-state index >= 15 is 0 Å². The third-order valence-electron chi connectivity index (χ3n) is 5.50. The van der Waals surface area contributed by atoms with Gasteiger partial charge in [0.25, 0.3) is 0 Å². The Kier molecular flexibility index (Phi) is 8.48. The molecule has 2 fully saturated rings. The van der Waals surface area contributed by atoms with E-state index in [1.165, 1.54) is 26.2 Å². The molecule has 2 N–H and O–H groups in total. The van der Waals surface area contributed by atoms with Crippen LogP contribution >= 0.6 is 0 Å². The number of rotatable bonds is 6. The van der Waals surface area contributed by atoms with E-state index in [9.17, 15) is 4.79 Å². The summed E-state index contributed by atoms with van der Waals surface area (Å²) in [6.45, 7) is 12.1. The van der Waals surface area contributed by atoms with Gasteiger partial charge in [0.2, 0.25) is 5.91 Å². The summed E-state index contributed by atoms with van der Waals surface area (Å²) in [6, 6.07) is 0. The minimum atomic E-state index is 0.157. The molecule has 0 aromatic carbocycles. The van der Waals surface area contributed by atoms with Gasteiger partial charge in [0, 0.05) is 72.9 Å². The third-order valence-corrected chi connectivity index (χ3v) is 5.50. The van der Waals surface area contributed by atoms with E-state index in [4.69, 9.17) is 0 Å². The lowest BCUT2D eigenvalue weighted by atomic mass is 9.93. The van der Waals surface area contributed by atoms with E-state index in [1.807, 2.05) is 7.05 Å². The first-order valence-electron chi connectivity index (χ1n) is 9.77. The maximum atomic E-state index is 11.5. The van der Waals surface area contributed by atoms with Crippen LogP contribution < -0.4 is 10.6 Å². The van der Waals surface area contributed by atoms with Crippen molar-refractivity contribution in [1.82, 2.24) is 25.3 Å². The number of hydrogen-bond donors (Lipinski definition) is 2. The van der Waals surface area contributed by atoms with Crippen LogP contribution in [0.2, 0.25) is 0 Å². The number of guanidine groups is 1. The minimum Gasteiger partial charge on any atom is -0.359 e. The molecule has 2 rings (SSSR count). The van der Waals surface area contributed by atoms with E-state index in [2.05, 4.69) is 37.2 Å². The lowest BCUT2D eigenvalue weighted by molar-refractivity contribution is -0.121. The molecule has 7 nitrogen and oxygen atoms in total. The van der Waals surface area contributed by atoms with E-state index in [0.717, 1.165) is 51.5 Å². The number of carbonyl (C=O) groups is 1. The molecule has 0 saturated carbocycles. The average Bonchev–Trinajstić information content (AvgIpc) is 2.66.